The third-order valence-corrected chi connectivity index (χ3v) is 3.36. The highest BCUT2D eigenvalue weighted by Crippen LogP contribution is 2.17. The molecule has 0 saturated heterocycles. The Balaban J connectivity index is 2.12. The Labute approximate surface area is 133 Å². The molecule has 6 heteroatoms. The van der Waals surface area contributed by atoms with Crippen LogP contribution in [0.3, 0.4) is 0 Å². The second kappa shape index (κ2) is 7.09. The summed E-state index contributed by atoms with van der Waals surface area (Å²) in [7, 11) is 0. The summed E-state index contributed by atoms with van der Waals surface area (Å²) < 4.78 is 18.8. The second-order valence-corrected chi connectivity index (χ2v) is 5.65. The minimum atomic E-state index is -0.812. The molecule has 0 aliphatic heterocycles. The lowest BCUT2D eigenvalue weighted by Gasteiger charge is -2.21. The van der Waals surface area contributed by atoms with E-state index in [0.717, 1.165) is 5.56 Å². The Kier molecular flexibility index (Phi) is 5.16. The van der Waals surface area contributed by atoms with Crippen molar-refractivity contribution in [3.8, 4) is 0 Å². The van der Waals surface area contributed by atoms with Crippen LogP contribution in [0.25, 0.3) is 0 Å². The molecule has 23 heavy (non-hydrogen) atoms. The van der Waals surface area contributed by atoms with Crippen molar-refractivity contribution in [3.63, 3.8) is 0 Å². The molecule has 1 aromatic heterocycles. The zero-order valence-electron chi connectivity index (χ0n) is 13.2. The predicted octanol–water partition coefficient (Wildman–Crippen LogP) is 3.12. The fourth-order valence-electron chi connectivity index (χ4n) is 2.10. The number of nitrogens with one attached hydrogen (secondary N) is 2. The van der Waals surface area contributed by atoms with E-state index in [1.165, 1.54) is 18.4 Å². The van der Waals surface area contributed by atoms with Gasteiger partial charge in [-0.1, -0.05) is 19.9 Å². The summed E-state index contributed by atoms with van der Waals surface area (Å²) in [6.07, 6.45) is 1.38. The number of hydrogen-bond acceptors (Lipinski definition) is 3. The van der Waals surface area contributed by atoms with E-state index in [0.29, 0.717) is 0 Å². The van der Waals surface area contributed by atoms with Gasteiger partial charge in [0.05, 0.1) is 12.0 Å². The molecule has 2 amide bonds. The van der Waals surface area contributed by atoms with E-state index in [4.69, 9.17) is 4.42 Å². The van der Waals surface area contributed by atoms with E-state index in [1.807, 2.05) is 0 Å². The highest BCUT2D eigenvalue weighted by atomic mass is 19.1. The lowest BCUT2D eigenvalue weighted by molar-refractivity contribution is -0.118. The largest absolute Gasteiger partial charge is 0.459 e. The number of furan rings is 1. The Hall–Kier alpha value is -2.63. The van der Waals surface area contributed by atoms with Crippen molar-refractivity contribution in [1.29, 1.82) is 0 Å². The standard InChI is InChI=1S/C17H19FN2O3/c1-10(2)15(20-16(21)14-5-4-8-23-14)17(22)19-13-9-11(3)6-7-12(13)18/h4-10,15H,1-3H3,(H,19,22)(H,20,21). The van der Waals surface area contributed by atoms with Gasteiger partial charge >= 0.3 is 0 Å². The fraction of sp³-hybridized carbons (Fsp3) is 0.294. The number of benzene rings is 1. The molecule has 0 aliphatic carbocycles. The van der Waals surface area contributed by atoms with Crippen LogP contribution in [0.2, 0.25) is 0 Å². The number of amides is 2. The van der Waals surface area contributed by atoms with Crippen LogP contribution < -0.4 is 10.6 Å². The van der Waals surface area contributed by atoms with Crippen LogP contribution in [0, 0.1) is 18.7 Å². The van der Waals surface area contributed by atoms with Gasteiger partial charge in [-0.05, 0) is 42.7 Å². The quantitative estimate of drug-likeness (QED) is 0.890. The third kappa shape index (κ3) is 4.18. The first kappa shape index (κ1) is 16.7. The second-order valence-electron chi connectivity index (χ2n) is 5.65. The fourth-order valence-corrected chi connectivity index (χ4v) is 2.10. The summed E-state index contributed by atoms with van der Waals surface area (Å²) in [5, 5.41) is 5.13. The summed E-state index contributed by atoms with van der Waals surface area (Å²) in [6.45, 7) is 5.38. The third-order valence-electron chi connectivity index (χ3n) is 3.36. The Morgan fingerprint density at radius 2 is 1.96 bits per heavy atom. The molecule has 2 aromatic rings. The summed E-state index contributed by atoms with van der Waals surface area (Å²) in [5.41, 5.74) is 0.912. The van der Waals surface area contributed by atoms with E-state index in [1.54, 1.807) is 39.0 Å². The molecule has 1 atom stereocenters. The van der Waals surface area contributed by atoms with Crippen LogP contribution in [0.4, 0.5) is 10.1 Å². The Morgan fingerprint density at radius 1 is 1.22 bits per heavy atom. The van der Waals surface area contributed by atoms with Gasteiger partial charge in [0.2, 0.25) is 5.91 Å². The minimum absolute atomic E-state index is 0.0906. The molecule has 2 rings (SSSR count). The first-order valence-corrected chi connectivity index (χ1v) is 7.30. The van der Waals surface area contributed by atoms with Gasteiger partial charge in [-0.2, -0.15) is 0 Å². The maximum absolute atomic E-state index is 13.8. The predicted molar refractivity (Wildman–Crippen MR) is 84.6 cm³/mol. The number of carbonyl (C=O) groups is 2. The summed E-state index contributed by atoms with van der Waals surface area (Å²) in [4.78, 5) is 24.4. The monoisotopic (exact) mass is 318 g/mol. The number of rotatable bonds is 5. The van der Waals surface area contributed by atoms with Crippen LogP contribution in [-0.2, 0) is 4.79 Å². The molecule has 122 valence electrons. The van der Waals surface area contributed by atoms with Gasteiger partial charge in [0.1, 0.15) is 11.9 Å². The van der Waals surface area contributed by atoms with Crippen molar-refractivity contribution >= 4 is 17.5 Å². The maximum Gasteiger partial charge on any atom is 0.287 e. The Bertz CT molecular complexity index is 696. The molecule has 0 saturated carbocycles. The lowest BCUT2D eigenvalue weighted by atomic mass is 10.0. The minimum Gasteiger partial charge on any atom is -0.459 e. The van der Waals surface area contributed by atoms with Crippen molar-refractivity contribution in [2.24, 2.45) is 5.92 Å². The average Bonchev–Trinajstić information content (AvgIpc) is 3.02. The summed E-state index contributed by atoms with van der Waals surface area (Å²) >= 11 is 0. The number of halogens is 1. The van der Waals surface area contributed by atoms with E-state index in [-0.39, 0.29) is 17.4 Å². The zero-order valence-corrected chi connectivity index (χ0v) is 13.2. The van der Waals surface area contributed by atoms with Gasteiger partial charge in [-0.3, -0.25) is 9.59 Å². The molecule has 0 spiro atoms. The van der Waals surface area contributed by atoms with Crippen LogP contribution >= 0.6 is 0 Å². The SMILES string of the molecule is Cc1ccc(F)c(NC(=O)C(NC(=O)c2ccco2)C(C)C)c1. The first-order valence-electron chi connectivity index (χ1n) is 7.30. The lowest BCUT2D eigenvalue weighted by Crippen LogP contribution is -2.47. The van der Waals surface area contributed by atoms with Crippen molar-refractivity contribution in [2.45, 2.75) is 26.8 Å². The van der Waals surface area contributed by atoms with Crippen LogP contribution in [-0.4, -0.2) is 17.9 Å². The molecule has 2 N–H and O–H groups in total. The van der Waals surface area contributed by atoms with Gasteiger partial charge < -0.3 is 15.1 Å². The van der Waals surface area contributed by atoms with Gasteiger partial charge in [-0.25, -0.2) is 4.39 Å². The van der Waals surface area contributed by atoms with Gasteiger partial charge in [0, 0.05) is 0 Å². The molecule has 1 heterocycles. The molecule has 0 fully saturated rings. The molecule has 0 radical (unpaired) electrons. The van der Waals surface area contributed by atoms with E-state index in [9.17, 15) is 14.0 Å². The normalized spacial score (nSPS) is 12.0. The topological polar surface area (TPSA) is 71.3 Å². The molecule has 0 bridgehead atoms. The molecule has 1 unspecified atom stereocenters. The van der Waals surface area contributed by atoms with Crippen LogP contribution in [0.5, 0.6) is 0 Å². The number of anilines is 1. The number of carbonyl (C=O) groups excluding carboxylic acids is 2. The van der Waals surface area contributed by atoms with Gasteiger partial charge in [0.25, 0.3) is 5.91 Å². The number of aryl methyl sites for hydroxylation is 1. The molecule has 0 aliphatic rings. The highest BCUT2D eigenvalue weighted by Gasteiger charge is 2.26. The zero-order chi connectivity index (χ0) is 17.0. The smallest absolute Gasteiger partial charge is 0.287 e. The van der Waals surface area contributed by atoms with Crippen LogP contribution in [0.15, 0.2) is 41.0 Å². The highest BCUT2D eigenvalue weighted by molar-refractivity contribution is 6.00. The number of hydrogen-bond donors (Lipinski definition) is 2. The van der Waals surface area contributed by atoms with Gasteiger partial charge in [-0.15, -0.1) is 0 Å². The van der Waals surface area contributed by atoms with Crippen molar-refractivity contribution in [3.05, 3.63) is 53.7 Å². The Morgan fingerprint density at radius 3 is 2.57 bits per heavy atom. The summed E-state index contributed by atoms with van der Waals surface area (Å²) in [5.74, 6) is -1.56. The van der Waals surface area contributed by atoms with E-state index >= 15 is 0 Å². The van der Waals surface area contributed by atoms with E-state index < -0.39 is 23.7 Å². The maximum atomic E-state index is 13.8. The molecule has 1 aromatic carbocycles. The van der Waals surface area contributed by atoms with Crippen molar-refractivity contribution < 1.29 is 18.4 Å². The first-order chi connectivity index (χ1) is 10.9. The summed E-state index contributed by atoms with van der Waals surface area (Å²) in [6, 6.07) is 6.72. The van der Waals surface area contributed by atoms with Crippen molar-refractivity contribution in [2.75, 3.05) is 5.32 Å². The average molecular weight is 318 g/mol. The van der Waals surface area contributed by atoms with Crippen molar-refractivity contribution in [1.82, 2.24) is 5.32 Å². The van der Waals surface area contributed by atoms with Gasteiger partial charge in [0.15, 0.2) is 5.76 Å². The molecule has 5 nitrogen and oxygen atoms in total. The molecular weight excluding hydrogens is 299 g/mol. The van der Waals surface area contributed by atoms with Crippen LogP contribution in [0.1, 0.15) is 30.0 Å². The molecular formula is C17H19FN2O3. The van der Waals surface area contributed by atoms with E-state index in [2.05, 4.69) is 10.6 Å².